The van der Waals surface area contributed by atoms with E-state index < -0.39 is 0 Å². The van der Waals surface area contributed by atoms with Crippen LogP contribution in [0.5, 0.6) is 0 Å². The molecule has 2 heterocycles. The maximum absolute atomic E-state index is 12.6. The molecule has 7 heteroatoms. The molecule has 0 spiro atoms. The normalized spacial score (nSPS) is 14.9. The summed E-state index contributed by atoms with van der Waals surface area (Å²) in [5.41, 5.74) is 2.56. The average Bonchev–Trinajstić information content (AvgIpc) is 3.09. The fourth-order valence-electron chi connectivity index (χ4n) is 2.97. The van der Waals surface area contributed by atoms with E-state index in [2.05, 4.69) is 10.3 Å². The molecule has 1 fully saturated rings. The summed E-state index contributed by atoms with van der Waals surface area (Å²) < 4.78 is 5.02. The molecule has 26 heavy (non-hydrogen) atoms. The van der Waals surface area contributed by atoms with Crippen molar-refractivity contribution >= 4 is 23.3 Å². The second-order valence-electron chi connectivity index (χ2n) is 6.31. The number of likely N-dealkylation sites (tertiary alicyclic amines) is 1. The summed E-state index contributed by atoms with van der Waals surface area (Å²) in [5, 5.41) is 5.99. The third kappa shape index (κ3) is 4.40. The van der Waals surface area contributed by atoms with Crippen LogP contribution in [0, 0.1) is 6.92 Å². The van der Waals surface area contributed by atoms with Crippen LogP contribution in [0.4, 0.5) is 4.79 Å². The van der Waals surface area contributed by atoms with E-state index in [4.69, 9.17) is 4.74 Å². The highest BCUT2D eigenvalue weighted by Crippen LogP contribution is 2.24. The number of nitrogens with zero attached hydrogens (tertiary/aromatic N) is 2. The van der Waals surface area contributed by atoms with Crippen molar-refractivity contribution in [2.45, 2.75) is 32.7 Å². The monoisotopic (exact) mass is 373 g/mol. The molecule has 0 atom stereocenters. The van der Waals surface area contributed by atoms with Gasteiger partial charge >= 0.3 is 6.09 Å². The molecule has 0 aliphatic carbocycles. The highest BCUT2D eigenvalue weighted by molar-refractivity contribution is 7.13. The number of carbonyl (C=O) groups excluding carboxylic acids is 2. The van der Waals surface area contributed by atoms with Crippen LogP contribution in [0.3, 0.4) is 0 Å². The van der Waals surface area contributed by atoms with Crippen molar-refractivity contribution in [3.05, 3.63) is 40.9 Å². The number of piperidine rings is 1. The predicted molar refractivity (Wildman–Crippen MR) is 101 cm³/mol. The molecule has 2 amide bonds. The maximum Gasteiger partial charge on any atom is 0.409 e. The SMILES string of the molecule is CCOC(=O)N1CCC(NC(=O)c2cccc(-c3nc(C)cs3)c2)CC1. The second-order valence-corrected chi connectivity index (χ2v) is 7.17. The lowest BCUT2D eigenvalue weighted by molar-refractivity contribution is 0.0860. The molecule has 138 valence electrons. The van der Waals surface area contributed by atoms with Crippen molar-refractivity contribution in [3.63, 3.8) is 0 Å². The second kappa shape index (κ2) is 8.31. The molecule has 0 unspecified atom stereocenters. The molecule has 0 radical (unpaired) electrons. The first-order valence-electron chi connectivity index (χ1n) is 8.82. The highest BCUT2D eigenvalue weighted by Gasteiger charge is 2.24. The number of benzene rings is 1. The maximum atomic E-state index is 12.6. The van der Waals surface area contributed by atoms with Gasteiger partial charge in [-0.3, -0.25) is 4.79 Å². The summed E-state index contributed by atoms with van der Waals surface area (Å²) in [6, 6.07) is 7.60. The van der Waals surface area contributed by atoms with E-state index in [0.717, 1.165) is 29.1 Å². The standard InChI is InChI=1S/C19H23N3O3S/c1-3-25-19(24)22-9-7-16(8-10-22)21-17(23)14-5-4-6-15(11-14)18-20-13(2)12-26-18/h4-6,11-12,16H,3,7-10H2,1-2H3,(H,21,23). The number of ether oxygens (including phenoxy) is 1. The summed E-state index contributed by atoms with van der Waals surface area (Å²) in [7, 11) is 0. The molecule has 0 saturated carbocycles. The van der Waals surface area contributed by atoms with Crippen LogP contribution in [0.2, 0.25) is 0 Å². The van der Waals surface area contributed by atoms with Gasteiger partial charge in [-0.15, -0.1) is 11.3 Å². The van der Waals surface area contributed by atoms with Gasteiger partial charge in [0.05, 0.1) is 6.61 Å². The van der Waals surface area contributed by atoms with Gasteiger partial charge in [-0.1, -0.05) is 12.1 Å². The van der Waals surface area contributed by atoms with Crippen molar-refractivity contribution < 1.29 is 14.3 Å². The minimum Gasteiger partial charge on any atom is -0.450 e. The first kappa shape index (κ1) is 18.4. The van der Waals surface area contributed by atoms with Gasteiger partial charge < -0.3 is 15.0 Å². The molecule has 1 aromatic carbocycles. The number of aryl methyl sites for hydroxylation is 1. The lowest BCUT2D eigenvalue weighted by Gasteiger charge is -2.31. The number of thiazole rings is 1. The Labute approximate surface area is 157 Å². The van der Waals surface area contributed by atoms with Crippen molar-refractivity contribution in [1.29, 1.82) is 0 Å². The third-order valence-corrected chi connectivity index (χ3v) is 5.36. The minimum atomic E-state index is -0.274. The van der Waals surface area contributed by atoms with Crippen LogP contribution in [-0.2, 0) is 4.74 Å². The van der Waals surface area contributed by atoms with Gasteiger partial charge in [0, 0.05) is 41.3 Å². The topological polar surface area (TPSA) is 71.5 Å². The summed E-state index contributed by atoms with van der Waals surface area (Å²) >= 11 is 1.57. The Hall–Kier alpha value is -2.41. The number of rotatable bonds is 4. The molecule has 1 aliphatic rings. The number of amides is 2. The summed E-state index contributed by atoms with van der Waals surface area (Å²) in [6.45, 7) is 5.33. The smallest absolute Gasteiger partial charge is 0.409 e. The first-order chi connectivity index (χ1) is 12.6. The van der Waals surface area contributed by atoms with Gasteiger partial charge in [0.25, 0.3) is 5.91 Å². The zero-order valence-corrected chi connectivity index (χ0v) is 15.8. The van der Waals surface area contributed by atoms with Crippen LogP contribution >= 0.6 is 11.3 Å². The van der Waals surface area contributed by atoms with Crippen LogP contribution in [0.25, 0.3) is 10.6 Å². The van der Waals surface area contributed by atoms with E-state index in [1.807, 2.05) is 36.6 Å². The number of hydrogen-bond donors (Lipinski definition) is 1. The largest absolute Gasteiger partial charge is 0.450 e. The number of aromatic nitrogens is 1. The van der Waals surface area contributed by atoms with Gasteiger partial charge in [-0.05, 0) is 38.8 Å². The van der Waals surface area contributed by atoms with E-state index in [0.29, 0.717) is 25.3 Å². The average molecular weight is 373 g/mol. The minimum absolute atomic E-state index is 0.0685. The molecule has 1 N–H and O–H groups in total. The molecule has 1 saturated heterocycles. The van der Waals surface area contributed by atoms with E-state index >= 15 is 0 Å². The van der Waals surface area contributed by atoms with E-state index in [9.17, 15) is 9.59 Å². The van der Waals surface area contributed by atoms with Crippen LogP contribution in [-0.4, -0.2) is 47.6 Å². The summed E-state index contributed by atoms with van der Waals surface area (Å²) in [4.78, 5) is 30.5. The zero-order chi connectivity index (χ0) is 18.5. The Morgan fingerprint density at radius 1 is 1.35 bits per heavy atom. The molecular formula is C19H23N3O3S. The van der Waals surface area contributed by atoms with E-state index in [1.54, 1.807) is 23.2 Å². The van der Waals surface area contributed by atoms with Gasteiger partial charge in [-0.2, -0.15) is 0 Å². The zero-order valence-electron chi connectivity index (χ0n) is 15.0. The van der Waals surface area contributed by atoms with E-state index in [1.165, 1.54) is 0 Å². The van der Waals surface area contributed by atoms with Crippen LogP contribution in [0.1, 0.15) is 35.8 Å². The molecule has 2 aromatic rings. The molecule has 1 aliphatic heterocycles. The van der Waals surface area contributed by atoms with Crippen molar-refractivity contribution in [2.75, 3.05) is 19.7 Å². The molecular weight excluding hydrogens is 350 g/mol. The summed E-state index contributed by atoms with van der Waals surface area (Å²) in [5.74, 6) is -0.0882. The molecule has 6 nitrogen and oxygen atoms in total. The number of carbonyl (C=O) groups is 2. The molecule has 0 bridgehead atoms. The highest BCUT2D eigenvalue weighted by atomic mass is 32.1. The fourth-order valence-corrected chi connectivity index (χ4v) is 3.76. The third-order valence-electron chi connectivity index (χ3n) is 4.35. The van der Waals surface area contributed by atoms with Gasteiger partial charge in [0.2, 0.25) is 0 Å². The lowest BCUT2D eigenvalue weighted by Crippen LogP contribution is -2.46. The van der Waals surface area contributed by atoms with Gasteiger partial charge in [-0.25, -0.2) is 9.78 Å². The Morgan fingerprint density at radius 2 is 2.12 bits per heavy atom. The van der Waals surface area contributed by atoms with Crippen LogP contribution < -0.4 is 5.32 Å². The Balaban J connectivity index is 1.58. The van der Waals surface area contributed by atoms with E-state index in [-0.39, 0.29) is 18.0 Å². The Kier molecular flexibility index (Phi) is 5.88. The van der Waals surface area contributed by atoms with Gasteiger partial charge in [0.15, 0.2) is 0 Å². The quantitative estimate of drug-likeness (QED) is 0.891. The Bertz CT molecular complexity index is 782. The van der Waals surface area contributed by atoms with Crippen LogP contribution in [0.15, 0.2) is 29.6 Å². The Morgan fingerprint density at radius 3 is 2.77 bits per heavy atom. The lowest BCUT2D eigenvalue weighted by atomic mass is 10.0. The molecule has 3 rings (SSSR count). The number of hydrogen-bond acceptors (Lipinski definition) is 5. The first-order valence-corrected chi connectivity index (χ1v) is 9.70. The fraction of sp³-hybridized carbons (Fsp3) is 0.421. The van der Waals surface area contributed by atoms with Gasteiger partial charge in [0.1, 0.15) is 5.01 Å². The predicted octanol–water partition coefficient (Wildman–Crippen LogP) is 3.47. The summed E-state index contributed by atoms with van der Waals surface area (Å²) in [6.07, 6.45) is 1.19. The number of nitrogens with one attached hydrogen (secondary N) is 1. The van der Waals surface area contributed by atoms with Crippen molar-refractivity contribution in [1.82, 2.24) is 15.2 Å². The van der Waals surface area contributed by atoms with Crippen molar-refractivity contribution in [2.24, 2.45) is 0 Å². The molecule has 1 aromatic heterocycles. The van der Waals surface area contributed by atoms with Crippen molar-refractivity contribution in [3.8, 4) is 10.6 Å².